The molecule has 0 bridgehead atoms. The quantitative estimate of drug-likeness (QED) is 0.406. The van der Waals surface area contributed by atoms with Crippen LogP contribution in [0.4, 0.5) is 0 Å². The average molecular weight is 468 g/mol. The summed E-state index contributed by atoms with van der Waals surface area (Å²) in [5.74, 6) is 2.49. The standard InChI is InChI=1S/C25H26ClN3O4/c1-16-27-28-25(32-16)24-13-21-22(3-2-4-23(21)33-24)31-15-20(30)14-29-11-9-18(10-12-29)17-5-7-19(26)8-6-17/h2-8,13,18,20,30H,9-12,14-15H2,1H3/t20-/m0/s1. The molecule has 1 aliphatic heterocycles. The Morgan fingerprint density at radius 1 is 1.12 bits per heavy atom. The van der Waals surface area contributed by atoms with Gasteiger partial charge in [-0.1, -0.05) is 29.8 Å². The molecule has 2 aromatic heterocycles. The number of β-amino-alcohol motifs (C(OH)–C–C–N with tert-alkyl or cyclic N) is 1. The van der Waals surface area contributed by atoms with Crippen molar-refractivity contribution in [2.24, 2.45) is 0 Å². The Balaban J connectivity index is 1.16. The summed E-state index contributed by atoms with van der Waals surface area (Å²) in [5.41, 5.74) is 2.00. The normalized spacial score (nSPS) is 16.3. The lowest BCUT2D eigenvalue weighted by molar-refractivity contribution is 0.0599. The van der Waals surface area contributed by atoms with E-state index in [0.717, 1.165) is 36.3 Å². The first-order valence-electron chi connectivity index (χ1n) is 11.2. The second kappa shape index (κ2) is 9.55. The number of furan rings is 1. The molecule has 1 N–H and O–H groups in total. The van der Waals surface area contributed by atoms with Gasteiger partial charge >= 0.3 is 0 Å². The van der Waals surface area contributed by atoms with E-state index in [1.54, 1.807) is 6.92 Å². The second-order valence-corrected chi connectivity index (χ2v) is 8.93. The summed E-state index contributed by atoms with van der Waals surface area (Å²) in [6.45, 7) is 4.43. The number of aliphatic hydroxyl groups excluding tert-OH is 1. The van der Waals surface area contributed by atoms with Crippen LogP contribution < -0.4 is 4.74 Å². The maximum atomic E-state index is 10.6. The fraction of sp³-hybridized carbons (Fsp3) is 0.360. The minimum Gasteiger partial charge on any atom is -0.490 e. The average Bonchev–Trinajstić information content (AvgIpc) is 3.45. The van der Waals surface area contributed by atoms with Crippen molar-refractivity contribution >= 4 is 22.6 Å². The second-order valence-electron chi connectivity index (χ2n) is 8.50. The van der Waals surface area contributed by atoms with E-state index in [9.17, 15) is 5.11 Å². The van der Waals surface area contributed by atoms with E-state index >= 15 is 0 Å². The number of rotatable bonds is 7. The minimum atomic E-state index is -0.586. The lowest BCUT2D eigenvalue weighted by Crippen LogP contribution is -2.40. The number of benzene rings is 2. The van der Waals surface area contributed by atoms with E-state index in [-0.39, 0.29) is 6.61 Å². The van der Waals surface area contributed by atoms with E-state index in [1.165, 1.54) is 5.56 Å². The lowest BCUT2D eigenvalue weighted by atomic mass is 9.89. The zero-order valence-electron chi connectivity index (χ0n) is 18.4. The molecule has 0 spiro atoms. The Labute approximate surface area is 196 Å². The molecule has 1 fully saturated rings. The van der Waals surface area contributed by atoms with Crippen LogP contribution in [0.5, 0.6) is 5.75 Å². The van der Waals surface area contributed by atoms with Crippen molar-refractivity contribution in [2.45, 2.75) is 31.8 Å². The van der Waals surface area contributed by atoms with Gasteiger partial charge in [-0.05, 0) is 61.7 Å². The molecule has 5 rings (SSSR count). The number of hydrogen-bond acceptors (Lipinski definition) is 7. The molecule has 4 aromatic rings. The van der Waals surface area contributed by atoms with Gasteiger partial charge in [0.15, 0.2) is 5.76 Å². The molecule has 3 heterocycles. The van der Waals surface area contributed by atoms with Gasteiger partial charge in [-0.2, -0.15) is 0 Å². The molecule has 1 aliphatic rings. The number of halogens is 1. The predicted molar refractivity (Wildman–Crippen MR) is 126 cm³/mol. The number of ether oxygens (including phenoxy) is 1. The number of nitrogens with zero attached hydrogens (tertiary/aromatic N) is 3. The van der Waals surface area contributed by atoms with Gasteiger partial charge in [0.2, 0.25) is 5.89 Å². The third-order valence-electron chi connectivity index (χ3n) is 6.09. The SMILES string of the molecule is Cc1nnc(-c2cc3c(OC[C@@H](O)CN4CCC(c5ccc(Cl)cc5)CC4)cccc3o2)o1. The summed E-state index contributed by atoms with van der Waals surface area (Å²) in [6.07, 6.45) is 1.56. The minimum absolute atomic E-state index is 0.205. The number of likely N-dealkylation sites (tertiary alicyclic amines) is 1. The van der Waals surface area contributed by atoms with Gasteiger partial charge in [-0.15, -0.1) is 10.2 Å². The molecule has 8 heteroatoms. The molecule has 0 unspecified atom stereocenters. The third-order valence-corrected chi connectivity index (χ3v) is 6.34. The zero-order chi connectivity index (χ0) is 22.8. The molecule has 1 atom stereocenters. The summed E-state index contributed by atoms with van der Waals surface area (Å²) in [7, 11) is 0. The Kier molecular flexibility index (Phi) is 6.35. The highest BCUT2D eigenvalue weighted by atomic mass is 35.5. The van der Waals surface area contributed by atoms with Crippen LogP contribution in [0.15, 0.2) is 57.4 Å². The van der Waals surface area contributed by atoms with Gasteiger partial charge in [0.1, 0.15) is 24.0 Å². The number of aromatic nitrogens is 2. The summed E-state index contributed by atoms with van der Waals surface area (Å²) in [6, 6.07) is 15.6. The van der Waals surface area contributed by atoms with Gasteiger partial charge in [0.05, 0.1) is 5.39 Å². The number of fused-ring (bicyclic) bond motifs is 1. The van der Waals surface area contributed by atoms with Crippen LogP contribution in [0.2, 0.25) is 5.02 Å². The summed E-state index contributed by atoms with van der Waals surface area (Å²) >= 11 is 6.00. The number of piperidine rings is 1. The van der Waals surface area contributed by atoms with Crippen LogP contribution >= 0.6 is 11.6 Å². The molecule has 0 amide bonds. The summed E-state index contributed by atoms with van der Waals surface area (Å²) < 4.78 is 17.3. The molecule has 7 nitrogen and oxygen atoms in total. The Morgan fingerprint density at radius 3 is 2.64 bits per heavy atom. The maximum Gasteiger partial charge on any atom is 0.283 e. The molecule has 172 valence electrons. The van der Waals surface area contributed by atoms with Crippen LogP contribution in [0.25, 0.3) is 22.6 Å². The van der Waals surface area contributed by atoms with Crippen LogP contribution in [0.3, 0.4) is 0 Å². The molecule has 1 saturated heterocycles. The van der Waals surface area contributed by atoms with Gasteiger partial charge in [-0.3, -0.25) is 0 Å². The monoisotopic (exact) mass is 467 g/mol. The van der Waals surface area contributed by atoms with Crippen molar-refractivity contribution in [1.82, 2.24) is 15.1 Å². The highest BCUT2D eigenvalue weighted by Gasteiger charge is 2.23. The first-order valence-corrected chi connectivity index (χ1v) is 11.5. The van der Waals surface area contributed by atoms with Crippen LogP contribution in [-0.4, -0.2) is 52.5 Å². The highest BCUT2D eigenvalue weighted by Crippen LogP contribution is 2.33. The van der Waals surface area contributed by atoms with Gasteiger partial charge in [0.25, 0.3) is 5.89 Å². The first-order chi connectivity index (χ1) is 16.0. The third kappa shape index (κ3) is 5.05. The number of aryl methyl sites for hydroxylation is 1. The summed E-state index contributed by atoms with van der Waals surface area (Å²) in [4.78, 5) is 2.30. The van der Waals surface area contributed by atoms with Crippen molar-refractivity contribution < 1.29 is 18.7 Å². The molecular formula is C25H26ClN3O4. The van der Waals surface area contributed by atoms with E-state index in [4.69, 9.17) is 25.2 Å². The number of hydrogen-bond donors (Lipinski definition) is 1. The molecule has 0 saturated carbocycles. The van der Waals surface area contributed by atoms with Crippen LogP contribution in [-0.2, 0) is 0 Å². The van der Waals surface area contributed by atoms with Crippen LogP contribution in [0.1, 0.15) is 30.2 Å². The molecule has 0 radical (unpaired) electrons. The van der Waals surface area contributed by atoms with E-state index in [1.807, 2.05) is 36.4 Å². The maximum absolute atomic E-state index is 10.6. The van der Waals surface area contributed by atoms with Crippen molar-refractivity contribution in [3.63, 3.8) is 0 Å². The zero-order valence-corrected chi connectivity index (χ0v) is 19.2. The van der Waals surface area contributed by atoms with Gasteiger partial charge in [-0.25, -0.2) is 0 Å². The predicted octanol–water partition coefficient (Wildman–Crippen LogP) is 5.06. The topological polar surface area (TPSA) is 84.8 Å². The Morgan fingerprint density at radius 2 is 1.91 bits per heavy atom. The smallest absolute Gasteiger partial charge is 0.283 e. The lowest BCUT2D eigenvalue weighted by Gasteiger charge is -2.33. The van der Waals surface area contributed by atoms with Crippen molar-refractivity contribution in [2.75, 3.05) is 26.2 Å². The molecular weight excluding hydrogens is 442 g/mol. The Bertz CT molecular complexity index is 1210. The van der Waals surface area contributed by atoms with Crippen LogP contribution in [0, 0.1) is 6.92 Å². The van der Waals surface area contributed by atoms with Gasteiger partial charge in [0, 0.05) is 24.6 Å². The van der Waals surface area contributed by atoms with E-state index in [2.05, 4.69) is 27.2 Å². The Hall–Kier alpha value is -2.87. The van der Waals surface area contributed by atoms with E-state index < -0.39 is 6.10 Å². The number of aliphatic hydroxyl groups is 1. The molecule has 0 aliphatic carbocycles. The van der Waals surface area contributed by atoms with Crippen molar-refractivity contribution in [1.29, 1.82) is 0 Å². The highest BCUT2D eigenvalue weighted by molar-refractivity contribution is 6.30. The van der Waals surface area contributed by atoms with Crippen molar-refractivity contribution in [3.05, 3.63) is 65.0 Å². The fourth-order valence-corrected chi connectivity index (χ4v) is 4.51. The molecule has 33 heavy (non-hydrogen) atoms. The van der Waals surface area contributed by atoms with E-state index in [0.29, 0.717) is 41.3 Å². The summed E-state index contributed by atoms with van der Waals surface area (Å²) in [5, 5.41) is 20.0. The van der Waals surface area contributed by atoms with Gasteiger partial charge < -0.3 is 23.6 Å². The largest absolute Gasteiger partial charge is 0.490 e. The molecule has 2 aromatic carbocycles. The fourth-order valence-electron chi connectivity index (χ4n) is 4.38. The first kappa shape index (κ1) is 21.9. The van der Waals surface area contributed by atoms with Crippen molar-refractivity contribution in [3.8, 4) is 17.4 Å².